The van der Waals surface area contributed by atoms with Gasteiger partial charge in [0.1, 0.15) is 0 Å². The Morgan fingerprint density at radius 3 is 1.89 bits per heavy atom. The largest absolute Gasteiger partial charge is 0.301 e. The number of hydrogen-bond acceptors (Lipinski definition) is 6. The first kappa shape index (κ1) is 17.4. The zero-order chi connectivity index (χ0) is 14.4. The second kappa shape index (κ2) is 5.26. The fourth-order valence-electron chi connectivity index (χ4n) is 3.33. The van der Waals surface area contributed by atoms with Crippen LogP contribution in [0.15, 0.2) is 0 Å². The molecule has 2 nitrogen and oxygen atoms in total. The molecule has 1 aliphatic heterocycles. The van der Waals surface area contributed by atoms with Crippen LogP contribution < -0.4 is 0 Å². The van der Waals surface area contributed by atoms with E-state index >= 15 is 0 Å². The van der Waals surface area contributed by atoms with Crippen LogP contribution in [-0.2, 0) is 4.84 Å². The molecular weight excluding hydrogens is 302 g/mol. The molecule has 18 heavy (non-hydrogen) atoms. The van der Waals surface area contributed by atoms with E-state index in [2.05, 4.69) is 53.0 Å². The van der Waals surface area contributed by atoms with Gasteiger partial charge in [-0.3, -0.25) is 0 Å². The highest BCUT2D eigenvalue weighted by atomic mass is 32.2. The molecule has 0 bridgehead atoms. The lowest BCUT2D eigenvalue weighted by molar-refractivity contribution is -0.277. The van der Waals surface area contributed by atoms with E-state index in [4.69, 9.17) is 30.1 Å². The van der Waals surface area contributed by atoms with Gasteiger partial charge in [-0.05, 0) is 25.7 Å². The monoisotopic (exact) mass is 327 g/mol. The van der Waals surface area contributed by atoms with Crippen molar-refractivity contribution in [1.29, 1.82) is 0 Å². The minimum atomic E-state index is -0.514. The van der Waals surface area contributed by atoms with Crippen molar-refractivity contribution in [2.45, 2.75) is 49.3 Å². The van der Waals surface area contributed by atoms with Crippen LogP contribution >= 0.6 is 50.5 Å². The van der Waals surface area contributed by atoms with E-state index in [9.17, 15) is 0 Å². The van der Waals surface area contributed by atoms with E-state index in [-0.39, 0.29) is 11.0 Å². The first-order valence-electron chi connectivity index (χ1n) is 6.03. The van der Waals surface area contributed by atoms with Crippen LogP contribution in [-0.4, -0.2) is 38.8 Å². The molecule has 108 valence electrons. The normalized spacial score (nSPS) is 39.8. The number of piperidine rings is 1. The molecule has 6 heteroatoms. The fourth-order valence-corrected chi connectivity index (χ4v) is 4.68. The van der Waals surface area contributed by atoms with Crippen molar-refractivity contribution in [3.63, 3.8) is 0 Å². The Balaban J connectivity index is 3.41. The predicted molar refractivity (Wildman–Crippen MR) is 92.5 cm³/mol. The first-order chi connectivity index (χ1) is 8.02. The average molecular weight is 328 g/mol. The highest BCUT2D eigenvalue weighted by molar-refractivity contribution is 8.00. The molecule has 0 aromatic rings. The minimum absolute atomic E-state index is 0.0663. The molecular formula is C12H25NOS4. The van der Waals surface area contributed by atoms with Gasteiger partial charge in [-0.2, -0.15) is 55.6 Å². The molecule has 2 unspecified atom stereocenters. The molecule has 1 heterocycles. The summed E-state index contributed by atoms with van der Waals surface area (Å²) >= 11 is 18.8. The SMILES string of the molecule is CON1C(C)(CS)CC(C)(C)C(S)(S)C1(C)CS. The van der Waals surface area contributed by atoms with Crippen LogP contribution in [0.3, 0.4) is 0 Å². The molecule has 1 fully saturated rings. The molecule has 1 aliphatic rings. The van der Waals surface area contributed by atoms with Crippen LogP contribution in [0.4, 0.5) is 0 Å². The maximum atomic E-state index is 5.67. The van der Waals surface area contributed by atoms with E-state index in [0.29, 0.717) is 11.5 Å². The Hall–Kier alpha value is 1.32. The second-order valence-electron chi connectivity index (χ2n) is 6.30. The summed E-state index contributed by atoms with van der Waals surface area (Å²) in [5.41, 5.74) is -0.618. The zero-order valence-corrected chi connectivity index (χ0v) is 15.3. The lowest BCUT2D eigenvalue weighted by Gasteiger charge is -2.65. The smallest absolute Gasteiger partial charge is 0.0814 e. The van der Waals surface area contributed by atoms with E-state index in [1.165, 1.54) is 0 Å². The van der Waals surface area contributed by atoms with Crippen molar-refractivity contribution in [2.24, 2.45) is 5.41 Å². The van der Waals surface area contributed by atoms with Crippen LogP contribution in [0.5, 0.6) is 0 Å². The predicted octanol–water partition coefficient (Wildman–Crippen LogP) is 3.21. The summed E-state index contributed by atoms with van der Waals surface area (Å²) in [5, 5.41) is 1.99. The van der Waals surface area contributed by atoms with Gasteiger partial charge in [-0.1, -0.05) is 13.8 Å². The number of nitrogens with zero attached hydrogens (tertiary/aromatic N) is 1. The van der Waals surface area contributed by atoms with Gasteiger partial charge in [0, 0.05) is 11.5 Å². The van der Waals surface area contributed by atoms with Crippen molar-refractivity contribution in [2.75, 3.05) is 18.6 Å². The first-order valence-corrected chi connectivity index (χ1v) is 8.19. The maximum absolute atomic E-state index is 5.67. The minimum Gasteiger partial charge on any atom is -0.301 e. The van der Waals surface area contributed by atoms with Crippen LogP contribution in [0.1, 0.15) is 34.1 Å². The van der Waals surface area contributed by atoms with Gasteiger partial charge < -0.3 is 4.84 Å². The average Bonchev–Trinajstić information content (AvgIpc) is 2.27. The van der Waals surface area contributed by atoms with Crippen molar-refractivity contribution in [1.82, 2.24) is 5.06 Å². The summed E-state index contributed by atoms with van der Waals surface area (Å²) in [6, 6.07) is 0. The van der Waals surface area contributed by atoms with Crippen molar-refractivity contribution in [3.8, 4) is 0 Å². The molecule has 0 radical (unpaired) electrons. The van der Waals surface area contributed by atoms with Gasteiger partial charge in [0.25, 0.3) is 0 Å². The zero-order valence-electron chi connectivity index (χ0n) is 11.8. The molecule has 0 saturated carbocycles. The standard InChI is InChI=1S/C12H25NOS4/c1-9(2)6-10(3,7-15)13(14-5)11(4,8-16)12(9,17)18/h15-18H,6-8H2,1-5H3. The number of rotatable bonds is 3. The lowest BCUT2D eigenvalue weighted by atomic mass is 9.66. The van der Waals surface area contributed by atoms with Crippen molar-refractivity contribution >= 4 is 50.5 Å². The molecule has 0 aromatic heterocycles. The van der Waals surface area contributed by atoms with Crippen LogP contribution in [0.2, 0.25) is 0 Å². The summed E-state index contributed by atoms with van der Waals surface area (Å²) in [5.74, 6) is 1.33. The molecule has 2 atom stereocenters. The van der Waals surface area contributed by atoms with Gasteiger partial charge >= 0.3 is 0 Å². The molecule has 0 amide bonds. The second-order valence-corrected chi connectivity index (χ2v) is 8.62. The van der Waals surface area contributed by atoms with E-state index in [1.807, 2.05) is 5.06 Å². The summed E-state index contributed by atoms with van der Waals surface area (Å²) < 4.78 is -0.514. The lowest BCUT2D eigenvalue weighted by Crippen LogP contribution is -2.75. The third-order valence-corrected chi connectivity index (χ3v) is 7.76. The van der Waals surface area contributed by atoms with E-state index < -0.39 is 9.62 Å². The highest BCUT2D eigenvalue weighted by Crippen LogP contribution is 2.59. The Morgan fingerprint density at radius 2 is 1.56 bits per heavy atom. The van der Waals surface area contributed by atoms with Crippen LogP contribution in [0.25, 0.3) is 0 Å². The highest BCUT2D eigenvalue weighted by Gasteiger charge is 2.64. The maximum Gasteiger partial charge on any atom is 0.0814 e. The number of hydroxylamine groups is 2. The number of hydrogen-bond donors (Lipinski definition) is 4. The third-order valence-electron chi connectivity index (χ3n) is 4.29. The van der Waals surface area contributed by atoms with Gasteiger partial charge in [0.2, 0.25) is 0 Å². The summed E-state index contributed by atoms with van der Waals surface area (Å²) in [4.78, 5) is 5.67. The molecule has 0 N–H and O–H groups in total. The van der Waals surface area contributed by atoms with E-state index in [0.717, 1.165) is 6.42 Å². The van der Waals surface area contributed by atoms with E-state index in [1.54, 1.807) is 7.11 Å². The summed E-state index contributed by atoms with van der Waals surface area (Å²) in [6.45, 7) is 8.67. The van der Waals surface area contributed by atoms with Crippen molar-refractivity contribution < 1.29 is 4.84 Å². The molecule has 0 aromatic carbocycles. The quantitative estimate of drug-likeness (QED) is 0.469. The van der Waals surface area contributed by atoms with Gasteiger partial charge in [-0.25, -0.2) is 0 Å². The summed E-state index contributed by atoms with van der Waals surface area (Å²) in [6.07, 6.45) is 0.910. The Labute approximate surface area is 133 Å². The molecule has 0 spiro atoms. The Bertz CT molecular complexity index is 323. The van der Waals surface area contributed by atoms with Crippen LogP contribution in [0, 0.1) is 5.41 Å². The van der Waals surface area contributed by atoms with Gasteiger partial charge in [0.05, 0.1) is 22.3 Å². The van der Waals surface area contributed by atoms with Crippen molar-refractivity contribution in [3.05, 3.63) is 0 Å². The molecule has 0 aliphatic carbocycles. The molecule has 1 rings (SSSR count). The summed E-state index contributed by atoms with van der Waals surface area (Å²) in [7, 11) is 1.69. The van der Waals surface area contributed by atoms with Gasteiger partial charge in [-0.15, -0.1) is 0 Å². The topological polar surface area (TPSA) is 12.5 Å². The third kappa shape index (κ3) is 2.25. The Morgan fingerprint density at radius 1 is 1.06 bits per heavy atom. The molecule has 1 saturated heterocycles. The Kier molecular flexibility index (Phi) is 5.08. The van der Waals surface area contributed by atoms with Gasteiger partial charge in [0.15, 0.2) is 0 Å². The fraction of sp³-hybridized carbons (Fsp3) is 1.00. The number of thiol groups is 4.